The van der Waals surface area contributed by atoms with E-state index < -0.39 is 22.9 Å². The quantitative estimate of drug-likeness (QED) is 0.542. The number of non-ortho nitro benzene ring substituents is 1. The van der Waals surface area contributed by atoms with E-state index in [1.54, 1.807) is 38.3 Å². The number of carbonyl (C=O) groups excluding carboxylic acids is 2. The summed E-state index contributed by atoms with van der Waals surface area (Å²) in [5, 5.41) is 18.9. The lowest BCUT2D eigenvalue weighted by atomic mass is 9.94. The fourth-order valence-electron chi connectivity index (χ4n) is 2.91. The lowest BCUT2D eigenvalue weighted by molar-refractivity contribution is -0.384. The average Bonchev–Trinajstić information content (AvgIpc) is 2.68. The lowest BCUT2D eigenvalue weighted by Crippen LogP contribution is -2.45. The maximum atomic E-state index is 12.9. The van der Waals surface area contributed by atoms with Crippen molar-refractivity contribution in [2.24, 2.45) is 0 Å². The molecule has 1 unspecified atom stereocenters. The first-order valence-electron chi connectivity index (χ1n) is 8.37. The summed E-state index contributed by atoms with van der Waals surface area (Å²) >= 11 is 0. The van der Waals surface area contributed by atoms with Crippen molar-refractivity contribution >= 4 is 23.3 Å². The van der Waals surface area contributed by atoms with Crippen LogP contribution in [0.4, 0.5) is 16.2 Å². The van der Waals surface area contributed by atoms with Gasteiger partial charge in [-0.3, -0.25) is 14.9 Å². The van der Waals surface area contributed by atoms with Gasteiger partial charge in [-0.05, 0) is 48.9 Å². The number of anilines is 1. The van der Waals surface area contributed by atoms with Crippen LogP contribution in [-0.2, 0) is 4.79 Å². The van der Waals surface area contributed by atoms with Crippen molar-refractivity contribution in [3.05, 3.63) is 75.5 Å². The van der Waals surface area contributed by atoms with Gasteiger partial charge in [0, 0.05) is 23.5 Å². The van der Waals surface area contributed by atoms with E-state index >= 15 is 0 Å². The van der Waals surface area contributed by atoms with E-state index in [0.717, 1.165) is 0 Å². The van der Waals surface area contributed by atoms with Crippen LogP contribution in [0.2, 0.25) is 0 Å². The predicted octanol–water partition coefficient (Wildman–Crippen LogP) is 2.87. The standard InChI is InChI=1S/C19H18N4O5/c1-11-16(18(24)21-13-5-9-15(28-2)10-6-13)17(22-19(25)20-11)12-3-7-14(8-4-12)23(26)27/h3-10,17H,1-2H3,(H,21,24)(H2,20,22,25). The Morgan fingerprint density at radius 3 is 2.36 bits per heavy atom. The summed E-state index contributed by atoms with van der Waals surface area (Å²) in [6.07, 6.45) is 0. The van der Waals surface area contributed by atoms with Gasteiger partial charge in [-0.1, -0.05) is 0 Å². The first-order chi connectivity index (χ1) is 13.4. The number of nitrogens with one attached hydrogen (secondary N) is 3. The van der Waals surface area contributed by atoms with E-state index in [0.29, 0.717) is 28.3 Å². The fraction of sp³-hybridized carbons (Fsp3) is 0.158. The van der Waals surface area contributed by atoms with Crippen molar-refractivity contribution in [1.82, 2.24) is 10.6 Å². The Labute approximate surface area is 160 Å². The molecule has 2 aromatic rings. The second-order valence-electron chi connectivity index (χ2n) is 6.10. The van der Waals surface area contributed by atoms with Gasteiger partial charge >= 0.3 is 6.03 Å². The fourth-order valence-corrected chi connectivity index (χ4v) is 2.91. The summed E-state index contributed by atoms with van der Waals surface area (Å²) in [7, 11) is 1.55. The summed E-state index contributed by atoms with van der Waals surface area (Å²) in [5.74, 6) is 0.252. The highest BCUT2D eigenvalue weighted by Crippen LogP contribution is 2.29. The van der Waals surface area contributed by atoms with Gasteiger partial charge in [0.2, 0.25) is 0 Å². The van der Waals surface area contributed by atoms with Gasteiger partial charge in [-0.15, -0.1) is 0 Å². The molecule has 9 nitrogen and oxygen atoms in total. The molecule has 3 rings (SSSR count). The zero-order valence-electron chi connectivity index (χ0n) is 15.2. The van der Waals surface area contributed by atoms with E-state index in [1.165, 1.54) is 24.3 Å². The third kappa shape index (κ3) is 3.93. The van der Waals surface area contributed by atoms with Gasteiger partial charge in [0.05, 0.1) is 23.6 Å². The Hall–Kier alpha value is -3.88. The topological polar surface area (TPSA) is 123 Å². The van der Waals surface area contributed by atoms with E-state index in [9.17, 15) is 19.7 Å². The largest absolute Gasteiger partial charge is 0.497 e. The number of rotatable bonds is 5. The molecule has 144 valence electrons. The van der Waals surface area contributed by atoms with Crippen LogP contribution < -0.4 is 20.7 Å². The molecule has 3 amide bonds. The van der Waals surface area contributed by atoms with Gasteiger partial charge in [0.15, 0.2) is 0 Å². The number of benzene rings is 2. The Balaban J connectivity index is 1.90. The van der Waals surface area contributed by atoms with Crippen molar-refractivity contribution in [1.29, 1.82) is 0 Å². The second kappa shape index (κ2) is 7.78. The van der Waals surface area contributed by atoms with Crippen LogP contribution in [0, 0.1) is 10.1 Å². The molecule has 2 aromatic carbocycles. The molecule has 3 N–H and O–H groups in total. The number of allylic oxidation sites excluding steroid dienone is 1. The highest BCUT2D eigenvalue weighted by atomic mass is 16.6. The molecule has 0 aromatic heterocycles. The number of nitro groups is 1. The Kier molecular flexibility index (Phi) is 5.25. The zero-order chi connectivity index (χ0) is 20.3. The highest BCUT2D eigenvalue weighted by molar-refractivity contribution is 6.06. The highest BCUT2D eigenvalue weighted by Gasteiger charge is 2.31. The van der Waals surface area contributed by atoms with Gasteiger partial charge < -0.3 is 20.7 Å². The summed E-state index contributed by atoms with van der Waals surface area (Å²) in [5.41, 5.74) is 1.75. The minimum Gasteiger partial charge on any atom is -0.497 e. The van der Waals surface area contributed by atoms with Crippen molar-refractivity contribution in [2.45, 2.75) is 13.0 Å². The van der Waals surface area contributed by atoms with Crippen molar-refractivity contribution in [3.63, 3.8) is 0 Å². The zero-order valence-corrected chi connectivity index (χ0v) is 15.2. The molecule has 0 radical (unpaired) electrons. The average molecular weight is 382 g/mol. The van der Waals surface area contributed by atoms with Gasteiger partial charge in [-0.2, -0.15) is 0 Å². The number of hydrogen-bond donors (Lipinski definition) is 3. The van der Waals surface area contributed by atoms with Crippen LogP contribution >= 0.6 is 0 Å². The van der Waals surface area contributed by atoms with Gasteiger partial charge in [0.1, 0.15) is 5.75 Å². The number of methoxy groups -OCH3 is 1. The third-order valence-corrected chi connectivity index (χ3v) is 4.30. The smallest absolute Gasteiger partial charge is 0.319 e. The molecular weight excluding hydrogens is 364 g/mol. The van der Waals surface area contributed by atoms with E-state index in [4.69, 9.17) is 4.74 Å². The van der Waals surface area contributed by atoms with Crippen LogP contribution in [0.1, 0.15) is 18.5 Å². The number of nitro benzene ring substituents is 1. The molecular formula is C19H18N4O5. The molecule has 28 heavy (non-hydrogen) atoms. The molecule has 0 bridgehead atoms. The molecule has 1 atom stereocenters. The number of carbonyl (C=O) groups is 2. The Bertz CT molecular complexity index is 951. The Morgan fingerprint density at radius 2 is 1.79 bits per heavy atom. The van der Waals surface area contributed by atoms with Crippen LogP contribution in [0.25, 0.3) is 0 Å². The first-order valence-corrected chi connectivity index (χ1v) is 8.37. The molecule has 9 heteroatoms. The number of amides is 3. The molecule has 1 heterocycles. The van der Waals surface area contributed by atoms with Gasteiger partial charge in [0.25, 0.3) is 11.6 Å². The number of hydrogen-bond acceptors (Lipinski definition) is 5. The van der Waals surface area contributed by atoms with E-state index in [1.807, 2.05) is 0 Å². The number of urea groups is 1. The van der Waals surface area contributed by atoms with Crippen LogP contribution in [0.5, 0.6) is 5.75 Å². The van der Waals surface area contributed by atoms with E-state index in [-0.39, 0.29) is 5.69 Å². The molecule has 1 aliphatic rings. The maximum absolute atomic E-state index is 12.9. The van der Waals surface area contributed by atoms with Crippen LogP contribution in [0.3, 0.4) is 0 Å². The summed E-state index contributed by atoms with van der Waals surface area (Å²) in [6, 6.07) is 11.3. The molecule has 0 saturated carbocycles. The minimum atomic E-state index is -0.743. The molecule has 0 aliphatic carbocycles. The maximum Gasteiger partial charge on any atom is 0.319 e. The van der Waals surface area contributed by atoms with Crippen molar-refractivity contribution in [2.75, 3.05) is 12.4 Å². The van der Waals surface area contributed by atoms with Crippen LogP contribution in [-0.4, -0.2) is 24.0 Å². The van der Waals surface area contributed by atoms with Crippen LogP contribution in [0.15, 0.2) is 59.8 Å². The number of ether oxygens (including phenoxy) is 1. The number of nitrogens with zero attached hydrogens (tertiary/aromatic N) is 1. The predicted molar refractivity (Wildman–Crippen MR) is 102 cm³/mol. The Morgan fingerprint density at radius 1 is 1.14 bits per heavy atom. The van der Waals surface area contributed by atoms with Gasteiger partial charge in [-0.25, -0.2) is 4.79 Å². The summed E-state index contributed by atoms with van der Waals surface area (Å²) in [4.78, 5) is 35.2. The first kappa shape index (κ1) is 18.9. The SMILES string of the molecule is COc1ccc(NC(=O)C2=C(C)NC(=O)NC2c2ccc([N+](=O)[O-])cc2)cc1. The molecule has 0 saturated heterocycles. The monoisotopic (exact) mass is 382 g/mol. The summed E-state index contributed by atoms with van der Waals surface area (Å²) in [6.45, 7) is 1.63. The summed E-state index contributed by atoms with van der Waals surface area (Å²) < 4.78 is 5.09. The lowest BCUT2D eigenvalue weighted by Gasteiger charge is -2.28. The second-order valence-corrected chi connectivity index (χ2v) is 6.10. The van der Waals surface area contributed by atoms with Crippen molar-refractivity contribution < 1.29 is 19.2 Å². The van der Waals surface area contributed by atoms with E-state index in [2.05, 4.69) is 16.0 Å². The minimum absolute atomic E-state index is 0.0750. The molecule has 0 spiro atoms. The normalized spacial score (nSPS) is 16.1. The molecule has 1 aliphatic heterocycles. The van der Waals surface area contributed by atoms with Crippen molar-refractivity contribution in [3.8, 4) is 5.75 Å². The third-order valence-electron chi connectivity index (χ3n) is 4.30. The molecule has 0 fully saturated rings.